The smallest absolute Gasteiger partial charge is 0.109 e. The molecule has 80 valence electrons. The van der Waals surface area contributed by atoms with Crippen molar-refractivity contribution in [3.05, 3.63) is 16.6 Å². The van der Waals surface area contributed by atoms with Crippen LogP contribution in [0.15, 0.2) is 11.6 Å². The van der Waals surface area contributed by atoms with Crippen LogP contribution in [0.25, 0.3) is 0 Å². The van der Waals surface area contributed by atoms with Gasteiger partial charge in [-0.3, -0.25) is 5.32 Å². The second kappa shape index (κ2) is 4.84. The molecule has 5 heteroatoms. The van der Waals surface area contributed by atoms with Crippen molar-refractivity contribution in [2.45, 2.75) is 25.4 Å². The van der Waals surface area contributed by atoms with Crippen LogP contribution in [0, 0.1) is 0 Å². The number of aliphatic hydroxyl groups excluding tert-OH is 2. The number of hydrogen-bond donors (Lipinski definition) is 3. The van der Waals surface area contributed by atoms with E-state index < -0.39 is 5.54 Å². The van der Waals surface area contributed by atoms with Crippen LogP contribution >= 0.6 is 11.3 Å². The molecule has 0 saturated heterocycles. The first kappa shape index (κ1) is 11.6. The summed E-state index contributed by atoms with van der Waals surface area (Å²) in [6.07, 6.45) is 1.74. The zero-order valence-electron chi connectivity index (χ0n) is 8.40. The first-order valence-corrected chi connectivity index (χ1v) is 5.38. The van der Waals surface area contributed by atoms with Crippen LogP contribution in [0.1, 0.15) is 24.9 Å². The Morgan fingerprint density at radius 1 is 1.57 bits per heavy atom. The molecule has 0 spiro atoms. The van der Waals surface area contributed by atoms with Crippen LogP contribution in [0.4, 0.5) is 0 Å². The van der Waals surface area contributed by atoms with E-state index in [9.17, 15) is 0 Å². The average molecular weight is 216 g/mol. The van der Waals surface area contributed by atoms with Crippen molar-refractivity contribution in [1.82, 2.24) is 10.3 Å². The molecular weight excluding hydrogens is 200 g/mol. The van der Waals surface area contributed by atoms with Gasteiger partial charge in [0.05, 0.1) is 24.8 Å². The third-order valence-electron chi connectivity index (χ3n) is 2.08. The minimum absolute atomic E-state index is 0.0410. The Hall–Kier alpha value is -0.490. The highest BCUT2D eigenvalue weighted by molar-refractivity contribution is 7.09. The maximum absolute atomic E-state index is 9.09. The van der Waals surface area contributed by atoms with Crippen molar-refractivity contribution >= 4 is 11.3 Å². The van der Waals surface area contributed by atoms with E-state index in [4.69, 9.17) is 10.2 Å². The van der Waals surface area contributed by atoms with Gasteiger partial charge < -0.3 is 10.2 Å². The molecular formula is C9H16N2O2S. The largest absolute Gasteiger partial charge is 0.394 e. The number of nitrogens with zero attached hydrogens (tertiary/aromatic N) is 1. The zero-order chi connectivity index (χ0) is 10.6. The topological polar surface area (TPSA) is 65.4 Å². The van der Waals surface area contributed by atoms with E-state index >= 15 is 0 Å². The highest BCUT2D eigenvalue weighted by atomic mass is 32.1. The lowest BCUT2D eigenvalue weighted by Gasteiger charge is -2.29. The summed E-state index contributed by atoms with van der Waals surface area (Å²) >= 11 is 1.56. The number of hydrogen-bond acceptors (Lipinski definition) is 5. The van der Waals surface area contributed by atoms with E-state index in [0.717, 1.165) is 5.01 Å². The van der Waals surface area contributed by atoms with E-state index in [2.05, 4.69) is 10.3 Å². The lowest BCUT2D eigenvalue weighted by molar-refractivity contribution is 0.0957. The SMILES string of the molecule is CC(NC(C)(CO)CO)c1nccs1. The van der Waals surface area contributed by atoms with Crippen molar-refractivity contribution in [3.8, 4) is 0 Å². The first-order valence-electron chi connectivity index (χ1n) is 4.50. The maximum Gasteiger partial charge on any atom is 0.109 e. The molecule has 0 amide bonds. The van der Waals surface area contributed by atoms with Crippen molar-refractivity contribution in [1.29, 1.82) is 0 Å². The van der Waals surface area contributed by atoms with Crippen LogP contribution in [-0.4, -0.2) is 33.9 Å². The molecule has 0 aliphatic rings. The molecule has 1 atom stereocenters. The van der Waals surface area contributed by atoms with E-state index in [1.807, 2.05) is 12.3 Å². The van der Waals surface area contributed by atoms with Crippen molar-refractivity contribution in [2.24, 2.45) is 0 Å². The average Bonchev–Trinajstić information content (AvgIpc) is 2.70. The molecule has 1 aromatic rings. The van der Waals surface area contributed by atoms with E-state index in [1.54, 1.807) is 24.5 Å². The number of thiazole rings is 1. The Balaban J connectivity index is 2.60. The second-order valence-electron chi connectivity index (χ2n) is 3.61. The van der Waals surface area contributed by atoms with E-state index in [0.29, 0.717) is 0 Å². The van der Waals surface area contributed by atoms with Gasteiger partial charge in [0.1, 0.15) is 5.01 Å². The molecule has 0 radical (unpaired) electrons. The molecule has 0 saturated carbocycles. The van der Waals surface area contributed by atoms with Crippen LogP contribution < -0.4 is 5.32 Å². The van der Waals surface area contributed by atoms with Gasteiger partial charge in [0.25, 0.3) is 0 Å². The molecule has 0 bridgehead atoms. The molecule has 0 aliphatic carbocycles. The Morgan fingerprint density at radius 2 is 2.21 bits per heavy atom. The normalized spacial score (nSPS) is 14.3. The molecule has 0 aromatic carbocycles. The number of nitrogens with one attached hydrogen (secondary N) is 1. The minimum Gasteiger partial charge on any atom is -0.394 e. The Kier molecular flexibility index (Phi) is 4.00. The van der Waals surface area contributed by atoms with Gasteiger partial charge in [-0.15, -0.1) is 11.3 Å². The fraction of sp³-hybridized carbons (Fsp3) is 0.667. The highest BCUT2D eigenvalue weighted by Gasteiger charge is 2.25. The monoisotopic (exact) mass is 216 g/mol. The standard InChI is InChI=1S/C9H16N2O2S/c1-7(8-10-3-4-14-8)11-9(2,5-12)6-13/h3-4,7,11-13H,5-6H2,1-2H3. The van der Waals surface area contributed by atoms with Gasteiger partial charge in [0.15, 0.2) is 0 Å². The summed E-state index contributed by atoms with van der Waals surface area (Å²) < 4.78 is 0. The fourth-order valence-corrected chi connectivity index (χ4v) is 1.82. The van der Waals surface area contributed by atoms with Crippen molar-refractivity contribution in [2.75, 3.05) is 13.2 Å². The lowest BCUT2D eigenvalue weighted by Crippen LogP contribution is -2.49. The van der Waals surface area contributed by atoms with E-state index in [-0.39, 0.29) is 19.3 Å². The number of aromatic nitrogens is 1. The molecule has 0 aliphatic heterocycles. The van der Waals surface area contributed by atoms with E-state index in [1.165, 1.54) is 0 Å². The Bertz CT molecular complexity index is 260. The van der Waals surface area contributed by atoms with Crippen LogP contribution in [0.2, 0.25) is 0 Å². The fourth-order valence-electron chi connectivity index (χ4n) is 1.17. The minimum atomic E-state index is -0.648. The van der Waals surface area contributed by atoms with Crippen LogP contribution in [-0.2, 0) is 0 Å². The Morgan fingerprint density at radius 3 is 2.64 bits per heavy atom. The first-order chi connectivity index (χ1) is 6.61. The molecule has 1 heterocycles. The molecule has 14 heavy (non-hydrogen) atoms. The molecule has 4 nitrogen and oxygen atoms in total. The van der Waals surface area contributed by atoms with Gasteiger partial charge >= 0.3 is 0 Å². The van der Waals surface area contributed by atoms with Gasteiger partial charge in [-0.2, -0.15) is 0 Å². The summed E-state index contributed by atoms with van der Waals surface area (Å²) in [4.78, 5) is 4.16. The summed E-state index contributed by atoms with van der Waals surface area (Å²) in [7, 11) is 0. The Labute approximate surface area is 87.6 Å². The molecule has 0 fully saturated rings. The van der Waals surface area contributed by atoms with Crippen LogP contribution in [0.5, 0.6) is 0 Å². The summed E-state index contributed by atoms with van der Waals surface area (Å²) in [6, 6.07) is 0.0410. The summed E-state index contributed by atoms with van der Waals surface area (Å²) in [5.41, 5.74) is -0.648. The van der Waals surface area contributed by atoms with Gasteiger partial charge in [-0.25, -0.2) is 4.98 Å². The number of rotatable bonds is 5. The quantitative estimate of drug-likeness (QED) is 0.672. The van der Waals surface area contributed by atoms with Gasteiger partial charge in [-0.1, -0.05) is 0 Å². The summed E-state index contributed by atoms with van der Waals surface area (Å²) in [5.74, 6) is 0. The van der Waals surface area contributed by atoms with Gasteiger partial charge in [0.2, 0.25) is 0 Å². The molecule has 1 rings (SSSR count). The predicted octanol–water partition coefficient (Wildman–Crippen LogP) is 0.537. The zero-order valence-corrected chi connectivity index (χ0v) is 9.21. The maximum atomic E-state index is 9.09. The molecule has 3 N–H and O–H groups in total. The lowest BCUT2D eigenvalue weighted by atomic mass is 10.0. The van der Waals surface area contributed by atoms with Crippen molar-refractivity contribution in [3.63, 3.8) is 0 Å². The summed E-state index contributed by atoms with van der Waals surface area (Å²) in [5, 5.41) is 24.2. The third kappa shape index (κ3) is 2.75. The highest BCUT2D eigenvalue weighted by Crippen LogP contribution is 2.18. The third-order valence-corrected chi connectivity index (χ3v) is 3.04. The summed E-state index contributed by atoms with van der Waals surface area (Å²) in [6.45, 7) is 3.54. The second-order valence-corrected chi connectivity index (χ2v) is 4.54. The molecule has 1 aromatic heterocycles. The van der Waals surface area contributed by atoms with Crippen LogP contribution in [0.3, 0.4) is 0 Å². The van der Waals surface area contributed by atoms with Crippen molar-refractivity contribution < 1.29 is 10.2 Å². The predicted molar refractivity (Wildman–Crippen MR) is 56.2 cm³/mol. The molecule has 1 unspecified atom stereocenters. The van der Waals surface area contributed by atoms with Gasteiger partial charge in [0, 0.05) is 11.6 Å². The van der Waals surface area contributed by atoms with Gasteiger partial charge in [-0.05, 0) is 13.8 Å². The number of aliphatic hydroxyl groups is 2.